The summed E-state index contributed by atoms with van der Waals surface area (Å²) in [5.41, 5.74) is 0.990. The highest BCUT2D eigenvalue weighted by atomic mass is 35.7. The molecule has 0 N–H and O–H groups in total. The second-order valence-electron chi connectivity index (χ2n) is 2.91. The molecule has 2 rings (SSSR count). The van der Waals surface area contributed by atoms with E-state index in [1.54, 1.807) is 4.40 Å². The molecule has 0 bridgehead atoms. The number of thiazole rings is 1. The minimum atomic E-state index is -3.72. The van der Waals surface area contributed by atoms with Gasteiger partial charge in [0.15, 0.2) is 9.99 Å². The third-order valence-corrected chi connectivity index (χ3v) is 4.26. The van der Waals surface area contributed by atoms with Crippen molar-refractivity contribution in [2.45, 2.75) is 18.9 Å². The van der Waals surface area contributed by atoms with Gasteiger partial charge in [-0.1, -0.05) is 0 Å². The molecule has 2 aromatic rings. The fraction of sp³-hybridized carbons (Fsp3) is 0.286. The van der Waals surface area contributed by atoms with Crippen LogP contribution >= 0.6 is 22.0 Å². The van der Waals surface area contributed by atoms with E-state index < -0.39 is 9.05 Å². The standard InChI is InChI=1S/C7H7ClN2O2S2/c1-4-5(2)13-7-9-6(3-10(4)7)14(8,11)12/h3H,1-2H3. The van der Waals surface area contributed by atoms with Crippen molar-refractivity contribution in [1.29, 1.82) is 0 Å². The minimum absolute atomic E-state index is 0.0893. The summed E-state index contributed by atoms with van der Waals surface area (Å²) in [7, 11) is 1.46. The topological polar surface area (TPSA) is 51.4 Å². The van der Waals surface area contributed by atoms with E-state index in [-0.39, 0.29) is 5.03 Å². The number of aromatic nitrogens is 2. The maximum atomic E-state index is 11.0. The summed E-state index contributed by atoms with van der Waals surface area (Å²) in [6, 6.07) is 0. The number of halogens is 1. The van der Waals surface area contributed by atoms with Gasteiger partial charge in [0.2, 0.25) is 0 Å². The first kappa shape index (κ1) is 9.95. The smallest absolute Gasteiger partial charge is 0.280 e. The summed E-state index contributed by atoms with van der Waals surface area (Å²) >= 11 is 1.44. The Morgan fingerprint density at radius 2 is 2.14 bits per heavy atom. The van der Waals surface area contributed by atoms with Gasteiger partial charge in [0, 0.05) is 21.3 Å². The molecule has 0 aromatic carbocycles. The van der Waals surface area contributed by atoms with Gasteiger partial charge in [0.25, 0.3) is 9.05 Å². The lowest BCUT2D eigenvalue weighted by Crippen LogP contribution is -1.90. The first-order chi connectivity index (χ1) is 6.39. The van der Waals surface area contributed by atoms with Crippen LogP contribution in [0.3, 0.4) is 0 Å². The molecule has 76 valence electrons. The molecule has 0 aliphatic heterocycles. The minimum Gasteiger partial charge on any atom is -0.293 e. The summed E-state index contributed by atoms with van der Waals surface area (Å²) < 4.78 is 23.7. The number of aryl methyl sites for hydroxylation is 2. The zero-order valence-corrected chi connectivity index (χ0v) is 9.87. The maximum absolute atomic E-state index is 11.0. The molecule has 0 fully saturated rings. The quantitative estimate of drug-likeness (QED) is 0.727. The third kappa shape index (κ3) is 1.43. The van der Waals surface area contributed by atoms with Gasteiger partial charge in [-0.05, 0) is 13.8 Å². The van der Waals surface area contributed by atoms with E-state index in [9.17, 15) is 8.42 Å². The van der Waals surface area contributed by atoms with Crippen molar-refractivity contribution < 1.29 is 8.42 Å². The maximum Gasteiger partial charge on any atom is 0.280 e. The molecule has 0 atom stereocenters. The third-order valence-electron chi connectivity index (χ3n) is 2.02. The average Bonchev–Trinajstić information content (AvgIpc) is 2.54. The predicted molar refractivity (Wildman–Crippen MR) is 55.6 cm³/mol. The van der Waals surface area contributed by atoms with Gasteiger partial charge >= 0.3 is 0 Å². The van der Waals surface area contributed by atoms with E-state index in [1.165, 1.54) is 17.5 Å². The Kier molecular flexibility index (Phi) is 2.09. The molecule has 2 heterocycles. The zero-order valence-electron chi connectivity index (χ0n) is 7.48. The fourth-order valence-electron chi connectivity index (χ4n) is 1.15. The Labute approximate surface area is 89.6 Å². The van der Waals surface area contributed by atoms with E-state index >= 15 is 0 Å². The molecule has 0 aliphatic carbocycles. The summed E-state index contributed by atoms with van der Waals surface area (Å²) in [5, 5.41) is -0.0893. The molecule has 0 saturated heterocycles. The molecule has 0 aliphatic rings. The second-order valence-corrected chi connectivity index (χ2v) is 6.61. The van der Waals surface area contributed by atoms with Crippen molar-refractivity contribution in [3.63, 3.8) is 0 Å². The molecule has 0 radical (unpaired) electrons. The van der Waals surface area contributed by atoms with Crippen molar-refractivity contribution in [1.82, 2.24) is 9.38 Å². The summed E-state index contributed by atoms with van der Waals surface area (Å²) in [6.45, 7) is 3.87. The molecule has 0 unspecified atom stereocenters. The SMILES string of the molecule is Cc1sc2nc(S(=O)(=O)Cl)cn2c1C. The fourth-order valence-corrected chi connectivity index (χ4v) is 2.81. The van der Waals surface area contributed by atoms with Gasteiger partial charge < -0.3 is 0 Å². The largest absolute Gasteiger partial charge is 0.293 e. The Morgan fingerprint density at radius 3 is 2.64 bits per heavy atom. The second kappa shape index (κ2) is 2.95. The highest BCUT2D eigenvalue weighted by molar-refractivity contribution is 8.13. The summed E-state index contributed by atoms with van der Waals surface area (Å²) in [4.78, 5) is 5.70. The van der Waals surface area contributed by atoms with Crippen LogP contribution in [-0.2, 0) is 9.05 Å². The lowest BCUT2D eigenvalue weighted by molar-refractivity contribution is 0.607. The Hall–Kier alpha value is -0.590. The Morgan fingerprint density at radius 1 is 1.50 bits per heavy atom. The van der Waals surface area contributed by atoms with Crippen molar-refractivity contribution >= 4 is 36.0 Å². The van der Waals surface area contributed by atoms with E-state index in [1.807, 2.05) is 13.8 Å². The highest BCUT2D eigenvalue weighted by Crippen LogP contribution is 2.24. The average molecular weight is 251 g/mol. The molecule has 7 heteroatoms. The van der Waals surface area contributed by atoms with Gasteiger partial charge in [-0.3, -0.25) is 4.40 Å². The first-order valence-corrected chi connectivity index (χ1v) is 6.92. The van der Waals surface area contributed by atoms with Gasteiger partial charge in [-0.25, -0.2) is 13.4 Å². The number of hydrogen-bond donors (Lipinski definition) is 0. The van der Waals surface area contributed by atoms with Gasteiger partial charge in [-0.15, -0.1) is 11.3 Å². The summed E-state index contributed by atoms with van der Waals surface area (Å²) in [6.07, 6.45) is 1.44. The van der Waals surface area contributed by atoms with E-state index in [0.29, 0.717) is 4.96 Å². The lowest BCUT2D eigenvalue weighted by Gasteiger charge is -1.89. The molecular formula is C7H7ClN2O2S2. The molecule has 2 aromatic heterocycles. The Balaban J connectivity index is 2.77. The van der Waals surface area contributed by atoms with Crippen molar-refractivity contribution in [3.8, 4) is 0 Å². The van der Waals surface area contributed by atoms with Crippen LogP contribution in [0.15, 0.2) is 11.2 Å². The molecule has 14 heavy (non-hydrogen) atoms. The van der Waals surface area contributed by atoms with Crippen LogP contribution in [0.2, 0.25) is 0 Å². The van der Waals surface area contributed by atoms with Crippen molar-refractivity contribution in [2.24, 2.45) is 0 Å². The Bertz CT molecular complexity index is 597. The van der Waals surface area contributed by atoms with Crippen LogP contribution in [0.1, 0.15) is 10.6 Å². The van der Waals surface area contributed by atoms with Crippen LogP contribution < -0.4 is 0 Å². The molecule has 0 saturated carbocycles. The van der Waals surface area contributed by atoms with Gasteiger partial charge in [0.1, 0.15) is 0 Å². The van der Waals surface area contributed by atoms with Crippen LogP contribution in [-0.4, -0.2) is 17.8 Å². The number of nitrogens with zero attached hydrogens (tertiary/aromatic N) is 2. The number of hydrogen-bond acceptors (Lipinski definition) is 4. The normalized spacial score (nSPS) is 12.5. The van der Waals surface area contributed by atoms with Crippen molar-refractivity contribution in [2.75, 3.05) is 0 Å². The molecule has 0 amide bonds. The van der Waals surface area contributed by atoms with E-state index in [4.69, 9.17) is 10.7 Å². The van der Waals surface area contributed by atoms with Crippen LogP contribution in [0, 0.1) is 13.8 Å². The van der Waals surface area contributed by atoms with E-state index in [0.717, 1.165) is 10.6 Å². The van der Waals surface area contributed by atoms with Crippen LogP contribution in [0.5, 0.6) is 0 Å². The van der Waals surface area contributed by atoms with Crippen LogP contribution in [0.25, 0.3) is 4.96 Å². The monoisotopic (exact) mass is 250 g/mol. The van der Waals surface area contributed by atoms with Crippen LogP contribution in [0.4, 0.5) is 0 Å². The predicted octanol–water partition coefficient (Wildman–Crippen LogP) is 1.94. The van der Waals surface area contributed by atoms with Gasteiger partial charge in [-0.2, -0.15) is 0 Å². The van der Waals surface area contributed by atoms with E-state index in [2.05, 4.69) is 4.98 Å². The summed E-state index contributed by atoms with van der Waals surface area (Å²) in [5.74, 6) is 0. The first-order valence-electron chi connectivity index (χ1n) is 3.79. The number of rotatable bonds is 1. The number of imidazole rings is 1. The van der Waals surface area contributed by atoms with Crippen molar-refractivity contribution in [3.05, 3.63) is 16.8 Å². The number of fused-ring (bicyclic) bond motifs is 1. The molecule has 0 spiro atoms. The zero-order chi connectivity index (χ0) is 10.5. The molecule has 4 nitrogen and oxygen atoms in total. The highest BCUT2D eigenvalue weighted by Gasteiger charge is 2.17. The van der Waals surface area contributed by atoms with Gasteiger partial charge in [0.05, 0.1) is 6.20 Å². The lowest BCUT2D eigenvalue weighted by atomic mass is 10.4. The molecular weight excluding hydrogens is 244 g/mol.